The van der Waals surface area contributed by atoms with Crippen molar-refractivity contribution in [3.05, 3.63) is 36.7 Å². The first-order valence-corrected chi connectivity index (χ1v) is 8.85. The second-order valence-electron chi connectivity index (χ2n) is 6.43. The average molecular weight is 416 g/mol. The van der Waals surface area contributed by atoms with E-state index in [1.54, 1.807) is 24.3 Å². The third-order valence-electron chi connectivity index (χ3n) is 4.43. The van der Waals surface area contributed by atoms with Crippen LogP contribution in [0.2, 0.25) is 0 Å². The number of fused-ring (bicyclic) bond motifs is 3. The van der Waals surface area contributed by atoms with Gasteiger partial charge in [-0.25, -0.2) is 13.8 Å². The molecule has 0 aliphatic heterocycles. The van der Waals surface area contributed by atoms with Crippen LogP contribution in [0.3, 0.4) is 0 Å². The SMILES string of the molecule is CC(OC(=O)n1c2ccccc2c2cnncc21)C(=O)NC(CC(=O)O)C(=O)CF. The number of nitrogens with one attached hydrogen (secondary N) is 1. The van der Waals surface area contributed by atoms with Gasteiger partial charge in [-0.15, -0.1) is 0 Å². The molecule has 10 nitrogen and oxygen atoms in total. The standard InChI is InChI=1S/C19H17FN4O6/c1-10(18(28)23-13(6-17(26)27)16(25)7-20)30-19(29)24-14-5-3-2-4-11(14)12-8-21-22-9-15(12)24/h2-5,8-10,13H,6-7H2,1H3,(H,23,28)(H,26,27). The number of ketones is 1. The quantitative estimate of drug-likeness (QED) is 0.590. The topological polar surface area (TPSA) is 140 Å². The Balaban J connectivity index is 1.82. The van der Waals surface area contributed by atoms with Crippen molar-refractivity contribution >= 4 is 45.6 Å². The van der Waals surface area contributed by atoms with Crippen LogP contribution >= 0.6 is 0 Å². The number of ether oxygens (including phenoxy) is 1. The first-order chi connectivity index (χ1) is 14.3. The van der Waals surface area contributed by atoms with Crippen molar-refractivity contribution in [3.8, 4) is 0 Å². The van der Waals surface area contributed by atoms with Crippen molar-refractivity contribution in [2.45, 2.75) is 25.5 Å². The van der Waals surface area contributed by atoms with E-state index in [-0.39, 0.29) is 0 Å². The molecular weight excluding hydrogens is 399 g/mol. The second-order valence-corrected chi connectivity index (χ2v) is 6.43. The van der Waals surface area contributed by atoms with Crippen molar-refractivity contribution in [2.24, 2.45) is 0 Å². The van der Waals surface area contributed by atoms with Gasteiger partial charge in [0, 0.05) is 10.8 Å². The van der Waals surface area contributed by atoms with E-state index in [4.69, 9.17) is 9.84 Å². The highest BCUT2D eigenvalue weighted by atomic mass is 19.1. The van der Waals surface area contributed by atoms with Crippen molar-refractivity contribution in [1.29, 1.82) is 0 Å². The summed E-state index contributed by atoms with van der Waals surface area (Å²) in [7, 11) is 0. The van der Waals surface area contributed by atoms with Crippen LogP contribution in [0.25, 0.3) is 21.8 Å². The van der Waals surface area contributed by atoms with Gasteiger partial charge in [-0.2, -0.15) is 10.2 Å². The van der Waals surface area contributed by atoms with Gasteiger partial charge in [0.15, 0.2) is 11.9 Å². The van der Waals surface area contributed by atoms with E-state index in [9.17, 15) is 23.6 Å². The van der Waals surface area contributed by atoms with E-state index in [2.05, 4.69) is 15.5 Å². The van der Waals surface area contributed by atoms with Gasteiger partial charge in [-0.1, -0.05) is 18.2 Å². The fourth-order valence-corrected chi connectivity index (χ4v) is 2.98. The maximum atomic E-state index is 12.8. The summed E-state index contributed by atoms with van der Waals surface area (Å²) in [5.74, 6) is -3.42. The molecule has 0 fully saturated rings. The van der Waals surface area contributed by atoms with E-state index in [0.717, 1.165) is 5.39 Å². The van der Waals surface area contributed by atoms with Crippen molar-refractivity contribution < 1.29 is 33.4 Å². The van der Waals surface area contributed by atoms with Crippen LogP contribution in [-0.4, -0.2) is 62.4 Å². The van der Waals surface area contributed by atoms with Gasteiger partial charge < -0.3 is 15.2 Å². The van der Waals surface area contributed by atoms with Gasteiger partial charge in [-0.3, -0.25) is 14.4 Å². The number of aromatic nitrogens is 3. The molecule has 0 saturated heterocycles. The molecule has 30 heavy (non-hydrogen) atoms. The molecule has 156 valence electrons. The van der Waals surface area contributed by atoms with E-state index in [1.165, 1.54) is 23.9 Å². The number of amides is 1. The smallest absolute Gasteiger partial charge is 0.419 e. The second kappa shape index (κ2) is 8.64. The number of para-hydroxylation sites is 1. The fourth-order valence-electron chi connectivity index (χ4n) is 2.98. The molecule has 3 rings (SSSR count). The number of hydrogen-bond donors (Lipinski definition) is 2. The monoisotopic (exact) mass is 416 g/mol. The Morgan fingerprint density at radius 3 is 2.53 bits per heavy atom. The summed E-state index contributed by atoms with van der Waals surface area (Å²) in [4.78, 5) is 47.5. The average Bonchev–Trinajstić information content (AvgIpc) is 3.06. The highest BCUT2D eigenvalue weighted by molar-refractivity contribution is 6.12. The summed E-state index contributed by atoms with van der Waals surface area (Å²) in [6, 6.07) is 5.42. The Morgan fingerprint density at radius 1 is 1.13 bits per heavy atom. The summed E-state index contributed by atoms with van der Waals surface area (Å²) in [5, 5.41) is 19.9. The minimum atomic E-state index is -1.57. The number of Topliss-reactive ketones (excluding diaryl/α,β-unsaturated/α-hetero) is 1. The maximum absolute atomic E-state index is 12.8. The molecule has 0 bridgehead atoms. The Bertz CT molecular complexity index is 1090. The molecule has 2 atom stereocenters. The molecule has 0 radical (unpaired) electrons. The van der Waals surface area contributed by atoms with E-state index in [1.807, 2.05) is 0 Å². The maximum Gasteiger partial charge on any atom is 0.419 e. The molecule has 0 spiro atoms. The first kappa shape index (κ1) is 20.8. The van der Waals surface area contributed by atoms with Gasteiger partial charge in [-0.05, 0) is 13.0 Å². The lowest BCUT2D eigenvalue weighted by atomic mass is 10.1. The number of carbonyl (C=O) groups excluding carboxylic acids is 3. The number of hydrogen-bond acceptors (Lipinski definition) is 7. The summed E-state index contributed by atoms with van der Waals surface area (Å²) < 4.78 is 19.1. The Morgan fingerprint density at radius 2 is 1.83 bits per heavy atom. The fraction of sp³-hybridized carbons (Fsp3) is 0.263. The van der Waals surface area contributed by atoms with Crippen LogP contribution in [0.5, 0.6) is 0 Å². The number of halogens is 1. The Hall–Kier alpha value is -3.89. The highest BCUT2D eigenvalue weighted by Gasteiger charge is 2.28. The summed E-state index contributed by atoms with van der Waals surface area (Å²) in [5.41, 5.74) is 0.927. The van der Waals surface area contributed by atoms with Gasteiger partial charge in [0.05, 0.1) is 29.8 Å². The van der Waals surface area contributed by atoms with Crippen LogP contribution in [-0.2, 0) is 19.1 Å². The number of rotatable bonds is 7. The largest absolute Gasteiger partial charge is 0.481 e. The number of alkyl halides is 1. The molecule has 2 heterocycles. The highest BCUT2D eigenvalue weighted by Crippen LogP contribution is 2.27. The zero-order valence-electron chi connectivity index (χ0n) is 15.7. The zero-order chi connectivity index (χ0) is 21.8. The number of carboxylic acid groups (broad SMARTS) is 1. The number of nitrogens with zero attached hydrogens (tertiary/aromatic N) is 3. The predicted octanol–water partition coefficient (Wildman–Crippen LogP) is 1.46. The molecule has 1 amide bonds. The molecule has 2 aromatic heterocycles. The van der Waals surface area contributed by atoms with Gasteiger partial charge >= 0.3 is 12.1 Å². The van der Waals surface area contributed by atoms with E-state index >= 15 is 0 Å². The third kappa shape index (κ3) is 4.09. The molecule has 0 saturated carbocycles. The van der Waals surface area contributed by atoms with Crippen LogP contribution in [0.4, 0.5) is 9.18 Å². The van der Waals surface area contributed by atoms with Crippen LogP contribution in [0.15, 0.2) is 36.7 Å². The molecule has 2 unspecified atom stereocenters. The van der Waals surface area contributed by atoms with Gasteiger partial charge in [0.25, 0.3) is 5.91 Å². The number of carboxylic acids is 1. The lowest BCUT2D eigenvalue weighted by molar-refractivity contribution is -0.141. The number of aliphatic carboxylic acids is 1. The number of benzene rings is 1. The lowest BCUT2D eigenvalue weighted by Crippen LogP contribution is -2.47. The van der Waals surface area contributed by atoms with Crippen LogP contribution in [0.1, 0.15) is 13.3 Å². The zero-order valence-corrected chi connectivity index (χ0v) is 15.7. The van der Waals surface area contributed by atoms with Gasteiger partial charge in [0.1, 0.15) is 12.7 Å². The molecule has 2 N–H and O–H groups in total. The molecule has 0 aliphatic rings. The summed E-state index contributed by atoms with van der Waals surface area (Å²) >= 11 is 0. The Kier molecular flexibility index (Phi) is 6.00. The lowest BCUT2D eigenvalue weighted by Gasteiger charge is -2.18. The van der Waals surface area contributed by atoms with Crippen LogP contribution < -0.4 is 5.32 Å². The number of carbonyl (C=O) groups is 4. The molecule has 3 aromatic rings. The summed E-state index contributed by atoms with van der Waals surface area (Å²) in [6.45, 7) is -0.187. The van der Waals surface area contributed by atoms with Crippen LogP contribution in [0, 0.1) is 0 Å². The predicted molar refractivity (Wildman–Crippen MR) is 102 cm³/mol. The van der Waals surface area contributed by atoms with Crippen molar-refractivity contribution in [2.75, 3.05) is 6.67 Å². The third-order valence-corrected chi connectivity index (χ3v) is 4.43. The summed E-state index contributed by atoms with van der Waals surface area (Å²) in [6.07, 6.45) is -0.183. The first-order valence-electron chi connectivity index (χ1n) is 8.85. The minimum Gasteiger partial charge on any atom is -0.481 e. The molecular formula is C19H17FN4O6. The van der Waals surface area contributed by atoms with Gasteiger partial charge in [0.2, 0.25) is 0 Å². The molecule has 1 aromatic carbocycles. The van der Waals surface area contributed by atoms with E-state index in [0.29, 0.717) is 16.4 Å². The van der Waals surface area contributed by atoms with E-state index < -0.39 is 49.0 Å². The Labute approximate surface area is 168 Å². The molecule has 11 heteroatoms. The van der Waals surface area contributed by atoms with Crippen molar-refractivity contribution in [1.82, 2.24) is 20.1 Å². The molecule has 0 aliphatic carbocycles. The minimum absolute atomic E-state index is 0.417. The normalized spacial score (nSPS) is 13.0. The van der Waals surface area contributed by atoms with Crippen molar-refractivity contribution in [3.63, 3.8) is 0 Å².